The van der Waals surface area contributed by atoms with Crippen molar-refractivity contribution in [2.45, 2.75) is 64.8 Å². The van der Waals surface area contributed by atoms with Crippen molar-refractivity contribution < 1.29 is 0 Å². The van der Waals surface area contributed by atoms with Crippen LogP contribution in [0, 0.1) is 11.8 Å². The Kier molecular flexibility index (Phi) is 5.97. The first-order chi connectivity index (χ1) is 8.81. The van der Waals surface area contributed by atoms with Gasteiger partial charge in [-0.3, -0.25) is 0 Å². The standard InChI is InChI=1S/C16H32N2/c1-3-5-9-18-12-15(10-14-6-7-14)11-16(13-18)17-8-4-2/h14-17H,3-13H2,1-2H3. The van der Waals surface area contributed by atoms with Crippen LogP contribution in [-0.4, -0.2) is 37.1 Å². The van der Waals surface area contributed by atoms with Gasteiger partial charge in [-0.1, -0.05) is 33.1 Å². The molecule has 1 aliphatic heterocycles. The quantitative estimate of drug-likeness (QED) is 0.713. The third-order valence-corrected chi connectivity index (χ3v) is 4.49. The summed E-state index contributed by atoms with van der Waals surface area (Å²) in [5, 5.41) is 3.76. The van der Waals surface area contributed by atoms with Crippen LogP contribution in [0.3, 0.4) is 0 Å². The number of hydrogen-bond donors (Lipinski definition) is 1. The van der Waals surface area contributed by atoms with Crippen LogP contribution >= 0.6 is 0 Å². The molecule has 0 radical (unpaired) electrons. The van der Waals surface area contributed by atoms with Crippen molar-refractivity contribution in [1.29, 1.82) is 0 Å². The molecule has 2 aliphatic rings. The van der Waals surface area contributed by atoms with Gasteiger partial charge in [-0.05, 0) is 50.6 Å². The smallest absolute Gasteiger partial charge is 0.0198 e. The van der Waals surface area contributed by atoms with Crippen molar-refractivity contribution in [2.75, 3.05) is 26.2 Å². The van der Waals surface area contributed by atoms with E-state index in [0.29, 0.717) is 0 Å². The van der Waals surface area contributed by atoms with Crippen LogP contribution < -0.4 is 5.32 Å². The maximum Gasteiger partial charge on any atom is 0.0198 e. The molecule has 0 amide bonds. The SMILES string of the molecule is CCCCN1CC(CC2CC2)CC(NCCC)C1. The Balaban J connectivity index is 1.78. The van der Waals surface area contributed by atoms with E-state index in [4.69, 9.17) is 0 Å². The monoisotopic (exact) mass is 252 g/mol. The predicted octanol–water partition coefficient (Wildman–Crippen LogP) is 3.28. The predicted molar refractivity (Wildman–Crippen MR) is 78.9 cm³/mol. The van der Waals surface area contributed by atoms with Crippen LogP contribution in [-0.2, 0) is 0 Å². The molecule has 2 fully saturated rings. The minimum absolute atomic E-state index is 0.763. The van der Waals surface area contributed by atoms with E-state index in [2.05, 4.69) is 24.1 Å². The van der Waals surface area contributed by atoms with Crippen molar-refractivity contribution in [3.63, 3.8) is 0 Å². The molecular formula is C16H32N2. The molecule has 0 spiro atoms. The van der Waals surface area contributed by atoms with Crippen LogP contribution in [0.2, 0.25) is 0 Å². The lowest BCUT2D eigenvalue weighted by Gasteiger charge is -2.38. The van der Waals surface area contributed by atoms with Gasteiger partial charge >= 0.3 is 0 Å². The van der Waals surface area contributed by atoms with E-state index in [-0.39, 0.29) is 0 Å². The highest BCUT2D eigenvalue weighted by atomic mass is 15.2. The fraction of sp³-hybridized carbons (Fsp3) is 1.00. The number of piperidine rings is 1. The van der Waals surface area contributed by atoms with Gasteiger partial charge in [0.15, 0.2) is 0 Å². The molecule has 0 aromatic heterocycles. The van der Waals surface area contributed by atoms with Crippen molar-refractivity contribution in [3.05, 3.63) is 0 Å². The normalized spacial score (nSPS) is 29.7. The molecule has 0 aromatic rings. The minimum atomic E-state index is 0.763. The Morgan fingerprint density at radius 1 is 1.06 bits per heavy atom. The summed E-state index contributed by atoms with van der Waals surface area (Å²) in [5.41, 5.74) is 0. The molecule has 2 heteroatoms. The minimum Gasteiger partial charge on any atom is -0.313 e. The first kappa shape index (κ1) is 14.3. The zero-order chi connectivity index (χ0) is 12.8. The van der Waals surface area contributed by atoms with E-state index < -0.39 is 0 Å². The van der Waals surface area contributed by atoms with E-state index >= 15 is 0 Å². The second kappa shape index (κ2) is 7.49. The number of rotatable bonds is 8. The van der Waals surface area contributed by atoms with E-state index in [1.54, 1.807) is 0 Å². The topological polar surface area (TPSA) is 15.3 Å². The average molecular weight is 252 g/mol. The van der Waals surface area contributed by atoms with Crippen molar-refractivity contribution >= 4 is 0 Å². The van der Waals surface area contributed by atoms with Gasteiger partial charge in [0.1, 0.15) is 0 Å². The van der Waals surface area contributed by atoms with Gasteiger partial charge in [-0.25, -0.2) is 0 Å². The summed E-state index contributed by atoms with van der Waals surface area (Å²) in [4.78, 5) is 2.73. The Labute approximate surface area is 114 Å². The summed E-state index contributed by atoms with van der Waals surface area (Å²) in [5.74, 6) is 2.06. The third-order valence-electron chi connectivity index (χ3n) is 4.49. The summed E-state index contributed by atoms with van der Waals surface area (Å²) in [7, 11) is 0. The molecule has 2 unspecified atom stereocenters. The lowest BCUT2D eigenvalue weighted by Crippen LogP contribution is -2.49. The molecule has 2 nitrogen and oxygen atoms in total. The molecular weight excluding hydrogens is 220 g/mol. The Hall–Kier alpha value is -0.0800. The van der Waals surface area contributed by atoms with Crippen molar-refractivity contribution in [2.24, 2.45) is 11.8 Å². The molecule has 18 heavy (non-hydrogen) atoms. The van der Waals surface area contributed by atoms with Gasteiger partial charge in [0.05, 0.1) is 0 Å². The Morgan fingerprint density at radius 3 is 2.56 bits per heavy atom. The highest BCUT2D eigenvalue weighted by Crippen LogP contribution is 2.37. The third kappa shape index (κ3) is 4.89. The van der Waals surface area contributed by atoms with Crippen molar-refractivity contribution in [1.82, 2.24) is 10.2 Å². The first-order valence-electron chi connectivity index (χ1n) is 8.27. The lowest BCUT2D eigenvalue weighted by molar-refractivity contribution is 0.131. The molecule has 1 saturated carbocycles. The maximum absolute atomic E-state index is 3.76. The van der Waals surface area contributed by atoms with Crippen molar-refractivity contribution in [3.8, 4) is 0 Å². The number of hydrogen-bond acceptors (Lipinski definition) is 2. The number of nitrogens with zero attached hydrogens (tertiary/aromatic N) is 1. The van der Waals surface area contributed by atoms with Gasteiger partial charge in [-0.15, -0.1) is 0 Å². The second-order valence-electron chi connectivity index (χ2n) is 6.54. The van der Waals surface area contributed by atoms with Crippen LogP contribution in [0.15, 0.2) is 0 Å². The molecule has 106 valence electrons. The van der Waals surface area contributed by atoms with E-state index in [1.165, 1.54) is 71.1 Å². The van der Waals surface area contributed by atoms with Crippen LogP contribution in [0.5, 0.6) is 0 Å². The van der Waals surface area contributed by atoms with E-state index in [0.717, 1.165) is 17.9 Å². The molecule has 1 aliphatic carbocycles. The van der Waals surface area contributed by atoms with Gasteiger partial charge in [-0.2, -0.15) is 0 Å². The molecule has 1 heterocycles. The van der Waals surface area contributed by atoms with Gasteiger partial charge in [0.2, 0.25) is 0 Å². The highest BCUT2D eigenvalue weighted by Gasteiger charge is 2.31. The number of unbranched alkanes of at least 4 members (excludes halogenated alkanes) is 1. The Bertz CT molecular complexity index is 209. The zero-order valence-electron chi connectivity index (χ0n) is 12.5. The molecule has 1 N–H and O–H groups in total. The molecule has 0 bridgehead atoms. The fourth-order valence-corrected chi connectivity index (χ4v) is 3.36. The second-order valence-corrected chi connectivity index (χ2v) is 6.54. The average Bonchev–Trinajstić information content (AvgIpc) is 3.17. The largest absolute Gasteiger partial charge is 0.313 e. The van der Waals surface area contributed by atoms with Crippen LogP contribution in [0.1, 0.15) is 58.8 Å². The van der Waals surface area contributed by atoms with Gasteiger partial charge in [0.25, 0.3) is 0 Å². The summed E-state index contributed by atoms with van der Waals surface area (Å²) in [6.07, 6.45) is 9.93. The van der Waals surface area contributed by atoms with Gasteiger partial charge in [0, 0.05) is 19.1 Å². The van der Waals surface area contributed by atoms with Gasteiger partial charge < -0.3 is 10.2 Å². The maximum atomic E-state index is 3.76. The zero-order valence-corrected chi connectivity index (χ0v) is 12.5. The highest BCUT2D eigenvalue weighted by molar-refractivity contribution is 4.87. The summed E-state index contributed by atoms with van der Waals surface area (Å²) in [6.45, 7) is 9.76. The molecule has 2 rings (SSSR count). The van der Waals surface area contributed by atoms with E-state index in [1.807, 2.05) is 0 Å². The number of nitrogens with one attached hydrogen (secondary N) is 1. The Morgan fingerprint density at radius 2 is 1.89 bits per heavy atom. The molecule has 2 atom stereocenters. The molecule has 1 saturated heterocycles. The molecule has 0 aromatic carbocycles. The van der Waals surface area contributed by atoms with Crippen LogP contribution in [0.4, 0.5) is 0 Å². The summed E-state index contributed by atoms with van der Waals surface area (Å²) >= 11 is 0. The summed E-state index contributed by atoms with van der Waals surface area (Å²) < 4.78 is 0. The first-order valence-corrected chi connectivity index (χ1v) is 8.27. The number of likely N-dealkylation sites (tertiary alicyclic amines) is 1. The van der Waals surface area contributed by atoms with E-state index in [9.17, 15) is 0 Å². The lowest BCUT2D eigenvalue weighted by atomic mass is 9.89. The summed E-state index contributed by atoms with van der Waals surface area (Å²) in [6, 6.07) is 0.763. The van der Waals surface area contributed by atoms with Crippen LogP contribution in [0.25, 0.3) is 0 Å². The fourth-order valence-electron chi connectivity index (χ4n) is 3.36.